The molecule has 8 nitrogen and oxygen atoms in total. The average molecular weight is 457 g/mol. The molecule has 3 heterocycles. The van der Waals surface area contributed by atoms with E-state index < -0.39 is 0 Å². The lowest BCUT2D eigenvalue weighted by Crippen LogP contribution is -2.41. The topological polar surface area (TPSA) is 85.2 Å². The normalized spacial score (nSPS) is 16.0. The molecular formula is C26H28N6O2. The molecule has 8 heteroatoms. The maximum absolute atomic E-state index is 13.1. The summed E-state index contributed by atoms with van der Waals surface area (Å²) in [6.07, 6.45) is 1.71. The van der Waals surface area contributed by atoms with Gasteiger partial charge in [0, 0.05) is 13.1 Å². The molecule has 1 atom stereocenters. The number of nitrogens with zero attached hydrogens (tertiary/aromatic N) is 5. The van der Waals surface area contributed by atoms with Gasteiger partial charge in [0.25, 0.3) is 0 Å². The number of anilines is 2. The molecule has 2 aromatic heterocycles. The molecule has 0 unspecified atom stereocenters. The van der Waals surface area contributed by atoms with E-state index in [1.54, 1.807) is 7.11 Å². The number of carbonyl (C=O) groups excluding carboxylic acids is 1. The van der Waals surface area contributed by atoms with Crippen LogP contribution in [0.25, 0.3) is 16.6 Å². The summed E-state index contributed by atoms with van der Waals surface area (Å²) in [5.41, 5.74) is 4.37. The Kier molecular flexibility index (Phi) is 5.88. The van der Waals surface area contributed by atoms with E-state index in [2.05, 4.69) is 27.3 Å². The molecule has 0 saturated carbocycles. The molecular weight excluding hydrogens is 428 g/mol. The second-order valence-electron chi connectivity index (χ2n) is 8.64. The minimum atomic E-state index is -0.172. The maximum atomic E-state index is 13.1. The van der Waals surface area contributed by atoms with Crippen LogP contribution in [0.4, 0.5) is 11.5 Å². The first-order valence-electron chi connectivity index (χ1n) is 11.5. The molecule has 1 aliphatic rings. The monoisotopic (exact) mass is 456 g/mol. The number of rotatable bonds is 5. The van der Waals surface area contributed by atoms with Crippen LogP contribution in [0.15, 0.2) is 54.6 Å². The van der Waals surface area contributed by atoms with Crippen LogP contribution in [0.3, 0.4) is 0 Å². The third-order valence-corrected chi connectivity index (χ3v) is 6.44. The van der Waals surface area contributed by atoms with E-state index in [1.165, 1.54) is 0 Å². The zero-order valence-electron chi connectivity index (χ0n) is 19.7. The molecule has 1 saturated heterocycles. The predicted molar refractivity (Wildman–Crippen MR) is 133 cm³/mol. The highest BCUT2D eigenvalue weighted by Gasteiger charge is 2.29. The summed E-state index contributed by atoms with van der Waals surface area (Å²) in [5.74, 6) is 1.19. The number of nitrogens with one attached hydrogen (secondary N) is 1. The zero-order chi connectivity index (χ0) is 23.7. The Balaban J connectivity index is 1.44. The highest BCUT2D eigenvalue weighted by Crippen LogP contribution is 2.32. The van der Waals surface area contributed by atoms with Gasteiger partial charge < -0.3 is 15.0 Å². The molecule has 0 bridgehead atoms. The van der Waals surface area contributed by atoms with Gasteiger partial charge in [0.15, 0.2) is 5.82 Å². The standard InChI is InChI=1S/C26H28N6O2/c1-17-23-18(2)32(20-11-5-4-6-12-20)30-24(23)25(29-28-17)31-15-9-10-19(16-31)26(33)27-21-13-7-8-14-22(21)34-3/h4-8,11-14,19H,9-10,15-16H2,1-3H3,(H,27,33)/t19-/m1/s1. The summed E-state index contributed by atoms with van der Waals surface area (Å²) < 4.78 is 7.32. The molecule has 0 spiro atoms. The van der Waals surface area contributed by atoms with Crippen molar-refractivity contribution in [2.45, 2.75) is 26.7 Å². The predicted octanol–water partition coefficient (Wildman–Crippen LogP) is 4.30. The molecule has 1 N–H and O–H groups in total. The summed E-state index contributed by atoms with van der Waals surface area (Å²) >= 11 is 0. The summed E-state index contributed by atoms with van der Waals surface area (Å²) in [4.78, 5) is 15.3. The molecule has 1 amide bonds. The molecule has 0 radical (unpaired) electrons. The summed E-state index contributed by atoms with van der Waals surface area (Å²) in [6, 6.07) is 17.5. The van der Waals surface area contributed by atoms with Gasteiger partial charge in [-0.25, -0.2) is 4.68 Å². The number of methoxy groups -OCH3 is 1. The van der Waals surface area contributed by atoms with Crippen LogP contribution in [0, 0.1) is 19.8 Å². The molecule has 4 aromatic rings. The van der Waals surface area contributed by atoms with Crippen LogP contribution < -0.4 is 15.0 Å². The smallest absolute Gasteiger partial charge is 0.229 e. The number of para-hydroxylation sites is 3. The van der Waals surface area contributed by atoms with Crippen LogP contribution in [-0.4, -0.2) is 46.1 Å². The van der Waals surface area contributed by atoms with Crippen molar-refractivity contribution in [3.8, 4) is 11.4 Å². The van der Waals surface area contributed by atoms with Gasteiger partial charge in [0.05, 0.1) is 41.2 Å². The Morgan fingerprint density at radius 3 is 2.62 bits per heavy atom. The average Bonchev–Trinajstić information content (AvgIpc) is 3.23. The minimum Gasteiger partial charge on any atom is -0.495 e. The van der Waals surface area contributed by atoms with Crippen molar-refractivity contribution >= 4 is 28.3 Å². The van der Waals surface area contributed by atoms with E-state index in [-0.39, 0.29) is 11.8 Å². The largest absolute Gasteiger partial charge is 0.495 e. The number of piperidine rings is 1. The van der Waals surface area contributed by atoms with Gasteiger partial charge >= 0.3 is 0 Å². The zero-order valence-corrected chi connectivity index (χ0v) is 19.7. The Bertz CT molecular complexity index is 1330. The molecule has 2 aromatic carbocycles. The molecule has 5 rings (SSSR count). The first-order valence-corrected chi connectivity index (χ1v) is 11.5. The van der Waals surface area contributed by atoms with Gasteiger partial charge in [-0.05, 0) is 51.0 Å². The fraction of sp³-hybridized carbons (Fsp3) is 0.308. The van der Waals surface area contributed by atoms with E-state index in [1.807, 2.05) is 66.2 Å². The second-order valence-corrected chi connectivity index (χ2v) is 8.64. The number of hydrogen-bond acceptors (Lipinski definition) is 6. The van der Waals surface area contributed by atoms with Crippen LogP contribution in [0.2, 0.25) is 0 Å². The van der Waals surface area contributed by atoms with E-state index in [0.717, 1.165) is 53.2 Å². The first kappa shape index (κ1) is 21.9. The molecule has 1 fully saturated rings. The van der Waals surface area contributed by atoms with Gasteiger partial charge in [-0.1, -0.05) is 30.3 Å². The van der Waals surface area contributed by atoms with Crippen LogP contribution in [0.5, 0.6) is 5.75 Å². The lowest BCUT2D eigenvalue weighted by Gasteiger charge is -2.32. The molecule has 34 heavy (non-hydrogen) atoms. The number of hydrogen-bond donors (Lipinski definition) is 1. The Morgan fingerprint density at radius 1 is 1.06 bits per heavy atom. The number of benzene rings is 2. The fourth-order valence-electron chi connectivity index (χ4n) is 4.71. The lowest BCUT2D eigenvalue weighted by molar-refractivity contribution is -0.120. The minimum absolute atomic E-state index is 0.0171. The molecule has 0 aliphatic carbocycles. The second kappa shape index (κ2) is 9.13. The van der Waals surface area contributed by atoms with Gasteiger partial charge in [-0.15, -0.1) is 5.10 Å². The van der Waals surface area contributed by atoms with Crippen LogP contribution >= 0.6 is 0 Å². The summed E-state index contributed by atoms with van der Waals surface area (Å²) in [7, 11) is 1.60. The van der Waals surface area contributed by atoms with Crippen molar-refractivity contribution in [2.24, 2.45) is 5.92 Å². The Morgan fingerprint density at radius 2 is 1.82 bits per heavy atom. The maximum Gasteiger partial charge on any atom is 0.229 e. The lowest BCUT2D eigenvalue weighted by atomic mass is 9.96. The molecule has 174 valence electrons. The summed E-state index contributed by atoms with van der Waals surface area (Å²) in [5, 5.41) is 18.0. The van der Waals surface area contributed by atoms with E-state index in [9.17, 15) is 4.79 Å². The number of aryl methyl sites for hydroxylation is 2. The molecule has 1 aliphatic heterocycles. The van der Waals surface area contributed by atoms with Crippen molar-refractivity contribution in [1.29, 1.82) is 0 Å². The highest BCUT2D eigenvalue weighted by molar-refractivity contribution is 5.95. The number of carbonyl (C=O) groups is 1. The number of ether oxygens (including phenoxy) is 1. The summed E-state index contributed by atoms with van der Waals surface area (Å²) in [6.45, 7) is 5.39. The fourth-order valence-corrected chi connectivity index (χ4v) is 4.71. The van der Waals surface area contributed by atoms with Crippen molar-refractivity contribution in [3.63, 3.8) is 0 Å². The van der Waals surface area contributed by atoms with E-state index in [0.29, 0.717) is 18.0 Å². The van der Waals surface area contributed by atoms with Crippen LogP contribution in [0.1, 0.15) is 24.2 Å². The van der Waals surface area contributed by atoms with Gasteiger partial charge in [0.2, 0.25) is 5.91 Å². The van der Waals surface area contributed by atoms with Crippen LogP contribution in [-0.2, 0) is 4.79 Å². The van der Waals surface area contributed by atoms with E-state index >= 15 is 0 Å². The number of amides is 1. The van der Waals surface area contributed by atoms with Gasteiger partial charge in [0.1, 0.15) is 11.3 Å². The number of fused-ring (bicyclic) bond motifs is 1. The number of aromatic nitrogens is 4. The van der Waals surface area contributed by atoms with Crippen molar-refractivity contribution in [2.75, 3.05) is 30.4 Å². The quantitative estimate of drug-likeness (QED) is 0.482. The third-order valence-electron chi connectivity index (χ3n) is 6.44. The Labute approximate surface area is 198 Å². The van der Waals surface area contributed by atoms with Gasteiger partial charge in [-0.3, -0.25) is 4.79 Å². The third kappa shape index (κ3) is 3.96. The highest BCUT2D eigenvalue weighted by atomic mass is 16.5. The van der Waals surface area contributed by atoms with Crippen molar-refractivity contribution in [1.82, 2.24) is 20.0 Å². The Hall–Kier alpha value is -3.94. The van der Waals surface area contributed by atoms with E-state index in [4.69, 9.17) is 9.84 Å². The SMILES string of the molecule is COc1ccccc1NC(=O)[C@@H]1CCCN(c2nnc(C)c3c(C)n(-c4ccccc4)nc23)C1. The van der Waals surface area contributed by atoms with Gasteiger partial charge in [-0.2, -0.15) is 10.2 Å². The first-order chi connectivity index (χ1) is 16.6. The van der Waals surface area contributed by atoms with Crippen molar-refractivity contribution < 1.29 is 9.53 Å². The van der Waals surface area contributed by atoms with Crippen molar-refractivity contribution in [3.05, 3.63) is 66.0 Å².